The van der Waals surface area contributed by atoms with Gasteiger partial charge in [0.05, 0.1) is 18.7 Å². The van der Waals surface area contributed by atoms with Crippen molar-refractivity contribution >= 4 is 40.0 Å². The summed E-state index contributed by atoms with van der Waals surface area (Å²) in [6, 6.07) is 15.1. The summed E-state index contributed by atoms with van der Waals surface area (Å²) in [4.78, 5) is 45.5. The molecular weight excluding hydrogens is 708 g/mol. The van der Waals surface area contributed by atoms with Gasteiger partial charge in [0.1, 0.15) is 0 Å². The SMILES string of the molecule is C[C@H]1[C@@H](OCc2ccc(C(=O)N(CCNc3ccnc4cc(Cl)ccc34)CC(=O)NC3CCCCC3)cc2)O[C@@H]2OC3(C)CC[C@H]4[C@H](C)CC[C@@H]1[C@@]24OO3. The Balaban J connectivity index is 0.925. The summed E-state index contributed by atoms with van der Waals surface area (Å²) in [6.07, 6.45) is 9.94. The molecule has 1 spiro atoms. The Hall–Kier alpha value is -3.32. The number of carbonyl (C=O) groups is 2. The molecule has 5 heterocycles. The Bertz CT molecular complexity index is 1820. The van der Waals surface area contributed by atoms with Crippen LogP contribution in [0, 0.1) is 23.7 Å². The monoisotopic (exact) mass is 760 g/mol. The highest BCUT2D eigenvalue weighted by Gasteiger charge is 2.69. The molecule has 11 nitrogen and oxygen atoms in total. The highest BCUT2D eigenvalue weighted by Crippen LogP contribution is 2.60. The van der Waals surface area contributed by atoms with E-state index in [0.717, 1.165) is 73.5 Å². The van der Waals surface area contributed by atoms with Crippen LogP contribution in [0.3, 0.4) is 0 Å². The first-order chi connectivity index (χ1) is 26.1. The van der Waals surface area contributed by atoms with E-state index in [2.05, 4.69) is 29.5 Å². The molecule has 54 heavy (non-hydrogen) atoms. The van der Waals surface area contributed by atoms with Gasteiger partial charge in [0.25, 0.3) is 5.91 Å². The molecule has 4 saturated heterocycles. The Labute approximate surface area is 322 Å². The number of carbonyl (C=O) groups excluding carboxylic acids is 2. The molecule has 8 atom stereocenters. The van der Waals surface area contributed by atoms with E-state index in [1.165, 1.54) is 6.42 Å². The van der Waals surface area contributed by atoms with E-state index in [-0.39, 0.29) is 36.2 Å². The highest BCUT2D eigenvalue weighted by molar-refractivity contribution is 6.31. The number of fused-ring (bicyclic) bond motifs is 3. The van der Waals surface area contributed by atoms with Crippen molar-refractivity contribution in [2.45, 2.75) is 115 Å². The molecule has 2 aromatic carbocycles. The van der Waals surface area contributed by atoms with E-state index in [1.54, 1.807) is 11.1 Å². The number of rotatable bonds is 11. The largest absolute Gasteiger partial charge is 0.383 e. The number of hydrogen-bond acceptors (Lipinski definition) is 9. The van der Waals surface area contributed by atoms with Crippen LogP contribution >= 0.6 is 11.6 Å². The maximum absolute atomic E-state index is 14.0. The molecule has 12 heteroatoms. The van der Waals surface area contributed by atoms with E-state index in [9.17, 15) is 9.59 Å². The first-order valence-electron chi connectivity index (χ1n) is 19.9. The van der Waals surface area contributed by atoms with Crippen LogP contribution < -0.4 is 10.6 Å². The lowest BCUT2D eigenvalue weighted by Crippen LogP contribution is -2.70. The van der Waals surface area contributed by atoms with E-state index < -0.39 is 24.0 Å². The summed E-state index contributed by atoms with van der Waals surface area (Å²) < 4.78 is 19.5. The smallest absolute Gasteiger partial charge is 0.254 e. The molecule has 9 rings (SSSR count). The van der Waals surface area contributed by atoms with Gasteiger partial charge >= 0.3 is 0 Å². The Kier molecular flexibility index (Phi) is 10.9. The van der Waals surface area contributed by atoms with Gasteiger partial charge in [-0.3, -0.25) is 14.6 Å². The average molecular weight is 761 g/mol. The van der Waals surface area contributed by atoms with Gasteiger partial charge in [-0.1, -0.05) is 56.8 Å². The predicted octanol–water partition coefficient (Wildman–Crippen LogP) is 7.62. The summed E-state index contributed by atoms with van der Waals surface area (Å²) >= 11 is 6.19. The quantitative estimate of drug-likeness (QED) is 0.190. The van der Waals surface area contributed by atoms with Crippen LogP contribution in [0.5, 0.6) is 0 Å². The van der Waals surface area contributed by atoms with E-state index in [4.69, 9.17) is 35.6 Å². The number of ether oxygens (including phenoxy) is 3. The molecule has 1 aromatic heterocycles. The lowest BCUT2D eigenvalue weighted by Gasteiger charge is -2.60. The van der Waals surface area contributed by atoms with E-state index in [0.29, 0.717) is 42.1 Å². The number of benzene rings is 2. The molecule has 1 unspecified atom stereocenters. The van der Waals surface area contributed by atoms with E-state index >= 15 is 0 Å². The van der Waals surface area contributed by atoms with Gasteiger partial charge in [0.15, 0.2) is 18.2 Å². The van der Waals surface area contributed by atoms with Crippen LogP contribution in [0.4, 0.5) is 5.69 Å². The second kappa shape index (κ2) is 15.7. The second-order valence-corrected chi connectivity index (χ2v) is 16.8. The van der Waals surface area contributed by atoms with Gasteiger partial charge in [-0.05, 0) is 92.8 Å². The number of nitrogens with one attached hydrogen (secondary N) is 2. The highest BCUT2D eigenvalue weighted by atomic mass is 35.5. The van der Waals surface area contributed by atoms with Crippen LogP contribution in [-0.4, -0.2) is 71.3 Å². The molecule has 6 fully saturated rings. The van der Waals surface area contributed by atoms with Gasteiger partial charge in [0, 0.05) is 65.2 Å². The van der Waals surface area contributed by atoms with Crippen LogP contribution in [0.25, 0.3) is 10.9 Å². The zero-order valence-electron chi connectivity index (χ0n) is 31.6. The standard InChI is InChI=1S/C42H53ClN4O7/c1-26-9-16-34-27(2)39(51-40-42(34)33(26)17-19-41(3,52-40)53-54-42)50-25-28-10-12-29(13-11-28)38(49)47(24-37(48)46-31-7-5-4-6-8-31)22-21-45-35-18-20-44-36-23-30(43)14-15-32(35)36/h10-15,18,20,23,26-27,31,33-34,39-40H,4-9,16-17,19,21-22,24-25H2,1-3H3,(H,44,45)(H,46,48)/t26-,27-,33+,34+,39+,40-,41?,42-/m1/s1. The number of hydrogen-bond donors (Lipinski definition) is 2. The number of nitrogens with zero attached hydrogens (tertiary/aromatic N) is 2. The summed E-state index contributed by atoms with van der Waals surface area (Å²) in [5.74, 6) is -0.153. The van der Waals surface area contributed by atoms with Crippen LogP contribution in [0.2, 0.25) is 5.02 Å². The molecule has 6 aliphatic rings. The average Bonchev–Trinajstić information content (AvgIpc) is 3.41. The number of amides is 2. The molecule has 3 aromatic rings. The molecule has 2 bridgehead atoms. The molecule has 0 radical (unpaired) electrons. The van der Waals surface area contributed by atoms with Crippen molar-refractivity contribution in [2.75, 3.05) is 25.0 Å². The number of halogens is 1. The lowest BCUT2D eigenvalue weighted by atomic mass is 9.58. The fourth-order valence-electron chi connectivity index (χ4n) is 9.71. The zero-order valence-corrected chi connectivity index (χ0v) is 32.3. The predicted molar refractivity (Wildman–Crippen MR) is 204 cm³/mol. The van der Waals surface area contributed by atoms with Crippen molar-refractivity contribution in [1.29, 1.82) is 0 Å². The first-order valence-corrected chi connectivity index (χ1v) is 20.3. The summed E-state index contributed by atoms with van der Waals surface area (Å²) in [5.41, 5.74) is 2.46. The minimum atomic E-state index is -0.840. The van der Waals surface area contributed by atoms with Gasteiger partial charge in [-0.15, -0.1) is 0 Å². The molecule has 2 N–H and O–H groups in total. The third-order valence-corrected chi connectivity index (χ3v) is 12.9. The van der Waals surface area contributed by atoms with Crippen LogP contribution in [-0.2, 0) is 35.4 Å². The fraction of sp³-hybridized carbons (Fsp3) is 0.595. The number of anilines is 1. The third kappa shape index (κ3) is 7.47. The molecular formula is C42H53ClN4O7. The van der Waals surface area contributed by atoms with Gasteiger partial charge in [-0.2, -0.15) is 0 Å². The van der Waals surface area contributed by atoms with Crippen molar-refractivity contribution in [1.82, 2.24) is 15.2 Å². The van der Waals surface area contributed by atoms with Crippen LogP contribution in [0.1, 0.15) is 94.5 Å². The van der Waals surface area contributed by atoms with Crippen molar-refractivity contribution in [3.63, 3.8) is 0 Å². The summed E-state index contributed by atoms with van der Waals surface area (Å²) in [6.45, 7) is 7.48. The molecule has 2 aliphatic carbocycles. The lowest BCUT2D eigenvalue weighted by molar-refractivity contribution is -0.577. The topological polar surface area (TPSA) is 120 Å². The molecule has 4 aliphatic heterocycles. The maximum atomic E-state index is 14.0. The molecule has 2 saturated carbocycles. The summed E-state index contributed by atoms with van der Waals surface area (Å²) in [7, 11) is 0. The summed E-state index contributed by atoms with van der Waals surface area (Å²) in [5, 5.41) is 8.17. The normalized spacial score (nSPS) is 32.1. The van der Waals surface area contributed by atoms with Crippen molar-refractivity contribution in [2.24, 2.45) is 23.7 Å². The fourth-order valence-corrected chi connectivity index (χ4v) is 9.88. The third-order valence-electron chi connectivity index (χ3n) is 12.7. The van der Waals surface area contributed by atoms with Crippen molar-refractivity contribution < 1.29 is 33.6 Å². The molecule has 290 valence electrons. The van der Waals surface area contributed by atoms with Crippen LogP contribution in [0.15, 0.2) is 54.7 Å². The van der Waals surface area contributed by atoms with Gasteiger partial charge in [0.2, 0.25) is 11.7 Å². The molecule has 2 amide bonds. The van der Waals surface area contributed by atoms with Gasteiger partial charge in [-0.25, -0.2) is 9.78 Å². The maximum Gasteiger partial charge on any atom is 0.254 e. The Morgan fingerprint density at radius 1 is 0.981 bits per heavy atom. The van der Waals surface area contributed by atoms with Crippen molar-refractivity contribution in [3.05, 3.63) is 70.9 Å². The Morgan fingerprint density at radius 3 is 2.61 bits per heavy atom. The van der Waals surface area contributed by atoms with Crippen molar-refractivity contribution in [3.8, 4) is 0 Å². The second-order valence-electron chi connectivity index (χ2n) is 16.4. The first kappa shape index (κ1) is 37.6. The van der Waals surface area contributed by atoms with E-state index in [1.807, 2.05) is 55.5 Å². The zero-order chi connectivity index (χ0) is 37.5. The Morgan fingerprint density at radius 2 is 1.80 bits per heavy atom. The number of aromatic nitrogens is 1. The number of pyridine rings is 1. The minimum Gasteiger partial charge on any atom is -0.383 e. The minimum absolute atomic E-state index is 0.0230. The van der Waals surface area contributed by atoms with Gasteiger partial charge < -0.3 is 29.7 Å².